The summed E-state index contributed by atoms with van der Waals surface area (Å²) in [6.45, 7) is 5.00. The molecule has 6 nitrogen and oxygen atoms in total. The number of benzene rings is 1. The molecule has 2 aromatic rings. The van der Waals surface area contributed by atoms with Gasteiger partial charge in [0.05, 0.1) is 0 Å². The molecule has 0 radical (unpaired) electrons. The van der Waals surface area contributed by atoms with E-state index in [0.717, 1.165) is 42.9 Å². The van der Waals surface area contributed by atoms with Crippen LogP contribution in [0.5, 0.6) is 0 Å². The van der Waals surface area contributed by atoms with Crippen molar-refractivity contribution in [3.63, 3.8) is 0 Å². The number of carbonyl (C=O) groups excluding carboxylic acids is 2. The highest BCUT2D eigenvalue weighted by Crippen LogP contribution is 2.28. The summed E-state index contributed by atoms with van der Waals surface area (Å²) in [6, 6.07) is 7.15. The van der Waals surface area contributed by atoms with Crippen LogP contribution in [0.15, 0.2) is 24.3 Å². The van der Waals surface area contributed by atoms with Gasteiger partial charge in [0, 0.05) is 30.1 Å². The lowest BCUT2D eigenvalue weighted by Crippen LogP contribution is -2.35. The Balaban J connectivity index is 1.66. The minimum Gasteiger partial charge on any atom is -0.312 e. The van der Waals surface area contributed by atoms with Gasteiger partial charge in [-0.3, -0.25) is 14.9 Å². The van der Waals surface area contributed by atoms with Crippen LogP contribution in [0.3, 0.4) is 0 Å². The van der Waals surface area contributed by atoms with E-state index in [2.05, 4.69) is 29.4 Å². The molecule has 1 aliphatic heterocycles. The Morgan fingerprint density at radius 2 is 1.92 bits per heavy atom. The van der Waals surface area contributed by atoms with Crippen LogP contribution in [0.25, 0.3) is 0 Å². The normalized spacial score (nSPS) is 14.7. The van der Waals surface area contributed by atoms with Crippen LogP contribution in [0.4, 0.5) is 10.8 Å². The highest BCUT2D eigenvalue weighted by Gasteiger charge is 2.20. The second-order valence-electron chi connectivity index (χ2n) is 6.46. The lowest BCUT2D eigenvalue weighted by molar-refractivity contribution is -0.119. The van der Waals surface area contributed by atoms with Crippen LogP contribution in [-0.4, -0.2) is 28.6 Å². The number of rotatable bonds is 6. The van der Waals surface area contributed by atoms with Gasteiger partial charge in [-0.2, -0.15) is 0 Å². The molecule has 0 unspecified atom stereocenters. The van der Waals surface area contributed by atoms with Crippen molar-refractivity contribution in [2.75, 3.05) is 16.8 Å². The molecule has 7 heteroatoms. The average Bonchev–Trinajstić information content (AvgIpc) is 3.11. The Morgan fingerprint density at radius 1 is 1.19 bits per heavy atom. The van der Waals surface area contributed by atoms with Crippen molar-refractivity contribution < 1.29 is 9.59 Å². The second kappa shape index (κ2) is 8.40. The molecule has 0 saturated carbocycles. The predicted molar refractivity (Wildman–Crippen MR) is 104 cm³/mol. The highest BCUT2D eigenvalue weighted by atomic mass is 32.1. The first-order valence-electron chi connectivity index (χ1n) is 9.17. The fourth-order valence-electron chi connectivity index (χ4n) is 3.13. The summed E-state index contributed by atoms with van der Waals surface area (Å²) in [4.78, 5) is 26.2. The third-order valence-corrected chi connectivity index (χ3v) is 5.76. The molecule has 26 heavy (non-hydrogen) atoms. The van der Waals surface area contributed by atoms with Gasteiger partial charge < -0.3 is 4.90 Å². The smallest absolute Gasteiger partial charge is 0.257 e. The number of piperidine rings is 1. The monoisotopic (exact) mass is 372 g/mol. The molecule has 1 aromatic carbocycles. The average molecular weight is 372 g/mol. The van der Waals surface area contributed by atoms with E-state index in [-0.39, 0.29) is 11.8 Å². The quantitative estimate of drug-likeness (QED) is 0.824. The van der Waals surface area contributed by atoms with Gasteiger partial charge in [0.25, 0.3) is 5.91 Å². The summed E-state index contributed by atoms with van der Waals surface area (Å²) in [6.07, 6.45) is 4.59. The zero-order valence-corrected chi connectivity index (χ0v) is 16.0. The van der Waals surface area contributed by atoms with Crippen LogP contribution < -0.4 is 10.2 Å². The first kappa shape index (κ1) is 18.5. The van der Waals surface area contributed by atoms with Gasteiger partial charge in [0.2, 0.25) is 11.0 Å². The van der Waals surface area contributed by atoms with Gasteiger partial charge >= 0.3 is 0 Å². The second-order valence-corrected chi connectivity index (χ2v) is 7.47. The van der Waals surface area contributed by atoms with Crippen molar-refractivity contribution in [3.8, 4) is 0 Å². The van der Waals surface area contributed by atoms with Crippen LogP contribution in [0.2, 0.25) is 0 Å². The van der Waals surface area contributed by atoms with Gasteiger partial charge in [-0.25, -0.2) is 0 Å². The van der Waals surface area contributed by atoms with Crippen LogP contribution in [0.1, 0.15) is 67.2 Å². The van der Waals surface area contributed by atoms with Crippen molar-refractivity contribution >= 4 is 34.0 Å². The maximum absolute atomic E-state index is 12.4. The zero-order valence-electron chi connectivity index (χ0n) is 15.2. The molecule has 1 aliphatic rings. The molecule has 138 valence electrons. The minimum absolute atomic E-state index is 0.149. The molecule has 1 fully saturated rings. The fraction of sp³-hybridized carbons (Fsp3) is 0.474. The maximum Gasteiger partial charge on any atom is 0.257 e. The molecular formula is C19H24N4O2S. The standard InChI is InChI=1S/C19H24N4O2S/c1-3-13(4-2)18-21-22-19(26-18)20-17(25)14-8-10-15(11-9-14)23-12-6-5-7-16(23)24/h8-11,13H,3-7,12H2,1-2H3,(H,20,22,25). The van der Waals surface area contributed by atoms with E-state index in [1.807, 2.05) is 12.1 Å². The lowest BCUT2D eigenvalue weighted by atomic mass is 10.1. The summed E-state index contributed by atoms with van der Waals surface area (Å²) >= 11 is 1.43. The first-order chi connectivity index (χ1) is 12.6. The van der Waals surface area contributed by atoms with Crippen LogP contribution >= 0.6 is 11.3 Å². The van der Waals surface area contributed by atoms with E-state index in [1.165, 1.54) is 11.3 Å². The van der Waals surface area contributed by atoms with Crippen LogP contribution in [0, 0.1) is 0 Å². The Hall–Kier alpha value is -2.28. The van der Waals surface area contributed by atoms with Crippen molar-refractivity contribution in [1.82, 2.24) is 10.2 Å². The molecule has 1 aromatic heterocycles. The van der Waals surface area contributed by atoms with Crippen LogP contribution in [-0.2, 0) is 4.79 Å². The number of aromatic nitrogens is 2. The molecule has 0 bridgehead atoms. The number of nitrogens with one attached hydrogen (secondary N) is 1. The number of hydrogen-bond donors (Lipinski definition) is 1. The van der Waals surface area contributed by atoms with E-state index >= 15 is 0 Å². The molecule has 1 saturated heterocycles. The summed E-state index contributed by atoms with van der Waals surface area (Å²) in [5, 5.41) is 12.6. The summed E-state index contributed by atoms with van der Waals surface area (Å²) < 4.78 is 0. The Bertz CT molecular complexity index is 768. The zero-order chi connectivity index (χ0) is 18.5. The molecule has 2 amide bonds. The lowest BCUT2D eigenvalue weighted by Gasteiger charge is -2.26. The third kappa shape index (κ3) is 4.09. The van der Waals surface area contributed by atoms with Gasteiger partial charge in [-0.05, 0) is 49.9 Å². The number of anilines is 2. The van der Waals surface area contributed by atoms with Crippen molar-refractivity contribution in [2.45, 2.75) is 51.9 Å². The number of hydrogen-bond acceptors (Lipinski definition) is 5. The Morgan fingerprint density at radius 3 is 2.58 bits per heavy atom. The molecular weight excluding hydrogens is 348 g/mol. The van der Waals surface area contributed by atoms with E-state index in [0.29, 0.717) is 23.0 Å². The van der Waals surface area contributed by atoms with Gasteiger partial charge in [-0.15, -0.1) is 10.2 Å². The third-order valence-electron chi connectivity index (χ3n) is 4.76. The number of nitrogens with zero attached hydrogens (tertiary/aromatic N) is 3. The van der Waals surface area contributed by atoms with Gasteiger partial charge in [0.15, 0.2) is 0 Å². The Kier molecular flexibility index (Phi) is 5.98. The highest BCUT2D eigenvalue weighted by molar-refractivity contribution is 7.15. The molecule has 2 heterocycles. The first-order valence-corrected chi connectivity index (χ1v) is 9.99. The fourth-order valence-corrected chi connectivity index (χ4v) is 4.13. The van der Waals surface area contributed by atoms with E-state index < -0.39 is 0 Å². The maximum atomic E-state index is 12.4. The van der Waals surface area contributed by atoms with Gasteiger partial charge in [0.1, 0.15) is 5.01 Å². The SMILES string of the molecule is CCC(CC)c1nnc(NC(=O)c2ccc(N3CCCCC3=O)cc2)s1. The summed E-state index contributed by atoms with van der Waals surface area (Å²) in [7, 11) is 0. The molecule has 0 spiro atoms. The van der Waals surface area contributed by atoms with E-state index in [4.69, 9.17) is 0 Å². The van der Waals surface area contributed by atoms with Crippen molar-refractivity contribution in [2.24, 2.45) is 0 Å². The topological polar surface area (TPSA) is 75.2 Å². The molecule has 1 N–H and O–H groups in total. The largest absolute Gasteiger partial charge is 0.312 e. The van der Waals surface area contributed by atoms with Crippen molar-refractivity contribution in [3.05, 3.63) is 34.8 Å². The molecule has 3 rings (SSSR count). The summed E-state index contributed by atoms with van der Waals surface area (Å²) in [5.74, 6) is 0.324. The van der Waals surface area contributed by atoms with Gasteiger partial charge in [-0.1, -0.05) is 25.2 Å². The Labute approximate surface area is 157 Å². The minimum atomic E-state index is -0.214. The van der Waals surface area contributed by atoms with Crippen molar-refractivity contribution in [1.29, 1.82) is 0 Å². The number of carbonyl (C=O) groups is 2. The molecule has 0 aliphatic carbocycles. The summed E-state index contributed by atoms with van der Waals surface area (Å²) in [5.41, 5.74) is 1.38. The predicted octanol–water partition coefficient (Wildman–Crippen LogP) is 4.21. The number of amides is 2. The van der Waals surface area contributed by atoms with E-state index in [1.54, 1.807) is 17.0 Å². The molecule has 0 atom stereocenters. The van der Waals surface area contributed by atoms with E-state index in [9.17, 15) is 9.59 Å².